The Labute approximate surface area is 859 Å². The molecule has 10 aromatic rings. The van der Waals surface area contributed by atoms with Crippen molar-refractivity contribution < 1.29 is 118 Å². The van der Waals surface area contributed by atoms with E-state index in [2.05, 4.69) is 166 Å². The third-order valence-corrected chi connectivity index (χ3v) is 20.2. The fourth-order valence-corrected chi connectivity index (χ4v) is 12.7. The second-order valence-electron chi connectivity index (χ2n) is 28.7. The zero-order chi connectivity index (χ0) is 104. The van der Waals surface area contributed by atoms with Crippen molar-refractivity contribution in [3.8, 4) is 63.6 Å². The molecule has 137 heavy (non-hydrogen) atoms. The summed E-state index contributed by atoms with van der Waals surface area (Å²) in [6, 6.07) is 25.0. The molecule has 0 radical (unpaired) electrons. The number of aliphatic hydroxyl groups excluding tert-OH is 1. The SMILES string of the molecule is C.CC(=O)OC(C)=O.COc1c[n+]([O-])c(C)cc1Br.COc1ccc(C)[n+]([O-])c1.COc1ccc(C)nc1.COc1cnc(CC#N)cc1Br.COc1cnc(CCN(C)C(=O)OC(C)(C)C)cc1Br.COc1cnc(CCNC(=O)OC(C)(C)C)cc1Br.COc1cnc(CO)cc1Br.COc1cnc(COC(C)=O)cc1Br.COc1cnc(COS(C)(=O)=O)cc1Br.Cc1ccc(O)cn1. The number of esters is 3. The summed E-state index contributed by atoms with van der Waals surface area (Å²) < 4.78 is 97.2. The number of aliphatic hydroxyl groups is 1. The summed E-state index contributed by atoms with van der Waals surface area (Å²) in [6.45, 7) is 23.1. The van der Waals surface area contributed by atoms with E-state index < -0.39 is 39.4 Å². The lowest BCUT2D eigenvalue weighted by atomic mass is 10.2. The summed E-state index contributed by atoms with van der Waals surface area (Å²) in [7, 11) is 12.4. The van der Waals surface area contributed by atoms with E-state index in [1.807, 2.05) is 85.7 Å². The fourth-order valence-electron chi connectivity index (χ4n) is 8.64. The van der Waals surface area contributed by atoms with Crippen molar-refractivity contribution in [1.29, 1.82) is 5.26 Å². The molecule has 2 amide bonds. The first-order valence-corrected chi connectivity index (χ1v) is 47.1. The molecule has 3 N–H and O–H groups in total. The molecule has 0 unspecified atom stereocenters. The van der Waals surface area contributed by atoms with Crippen LogP contribution in [-0.2, 0) is 86.7 Å². The van der Waals surface area contributed by atoms with E-state index in [0.29, 0.717) is 111 Å². The number of aromatic hydroxyl groups is 1. The summed E-state index contributed by atoms with van der Waals surface area (Å²) in [5.74, 6) is 4.66. The van der Waals surface area contributed by atoms with Crippen molar-refractivity contribution in [2.24, 2.45) is 0 Å². The average Bonchev–Trinajstić information content (AvgIpc) is 0.889. The highest BCUT2D eigenvalue weighted by Gasteiger charge is 2.21. The molecular formula is C91H118Br7N13O25S. The van der Waals surface area contributed by atoms with Crippen molar-refractivity contribution in [3.05, 3.63) is 239 Å². The molecule has 38 nitrogen and oxygen atoms in total. The van der Waals surface area contributed by atoms with Crippen LogP contribution in [0.1, 0.15) is 127 Å². The number of halogens is 7. The number of alkyl carbamates (subject to hydrolysis) is 1. The van der Waals surface area contributed by atoms with Crippen molar-refractivity contribution >= 4 is 152 Å². The second kappa shape index (κ2) is 68.9. The van der Waals surface area contributed by atoms with Crippen LogP contribution < -0.4 is 57.4 Å². The molecule has 46 heteroatoms. The van der Waals surface area contributed by atoms with Gasteiger partial charge in [0.1, 0.15) is 35.9 Å². The van der Waals surface area contributed by atoms with Crippen LogP contribution in [0.3, 0.4) is 0 Å². The largest absolute Gasteiger partial charge is 0.618 e. The molecule has 0 spiro atoms. The number of ether oxygens (including phenoxy) is 13. The smallest absolute Gasteiger partial charge is 0.410 e. The quantitative estimate of drug-likeness (QED) is 0.0142. The van der Waals surface area contributed by atoms with Gasteiger partial charge in [0.05, 0.1) is 193 Å². The lowest BCUT2D eigenvalue weighted by Crippen LogP contribution is -2.35. The van der Waals surface area contributed by atoms with Crippen LogP contribution in [0.4, 0.5) is 9.59 Å². The van der Waals surface area contributed by atoms with Crippen LogP contribution in [0, 0.1) is 49.4 Å². The number of carbonyl (C=O) groups excluding carboxylic acids is 5. The molecule has 10 aromatic heterocycles. The molecule has 752 valence electrons. The normalized spacial score (nSPS) is 9.95. The molecule has 10 rings (SSSR count). The summed E-state index contributed by atoms with van der Waals surface area (Å²) in [6.07, 6.45) is 17.3. The van der Waals surface area contributed by atoms with Gasteiger partial charge in [0.25, 0.3) is 10.1 Å². The molecule has 0 fully saturated rings. The number of amides is 2. The Hall–Kier alpha value is -11.0. The predicted octanol–water partition coefficient (Wildman–Crippen LogP) is 18.0. The molecule has 0 aliphatic rings. The number of rotatable bonds is 22. The zero-order valence-electron chi connectivity index (χ0n) is 79.6. The molecule has 0 saturated heterocycles. The number of pyridine rings is 10. The van der Waals surface area contributed by atoms with E-state index in [1.54, 1.807) is 160 Å². The molecule has 0 saturated carbocycles. The van der Waals surface area contributed by atoms with Crippen molar-refractivity contribution in [2.75, 3.05) is 90.4 Å². The van der Waals surface area contributed by atoms with Crippen LogP contribution in [0.15, 0.2) is 172 Å². The molecule has 0 bridgehead atoms. The number of hydrogen-bond acceptors (Lipinski definition) is 34. The molecule has 0 aromatic carbocycles. The van der Waals surface area contributed by atoms with Gasteiger partial charge in [-0.3, -0.25) is 58.4 Å². The van der Waals surface area contributed by atoms with Crippen LogP contribution in [0.25, 0.3) is 0 Å². The molecule has 10 heterocycles. The van der Waals surface area contributed by atoms with E-state index in [4.69, 9.17) is 72.3 Å². The highest BCUT2D eigenvalue weighted by molar-refractivity contribution is 9.11. The molecule has 0 aliphatic carbocycles. The first-order chi connectivity index (χ1) is 63.8. The van der Waals surface area contributed by atoms with Gasteiger partial charge in [-0.2, -0.15) is 23.1 Å². The molecule has 0 aliphatic heterocycles. The number of likely N-dealkylation sites (N-methyl/N-ethyl adjacent to an activating group) is 1. The Morgan fingerprint density at radius 1 is 0.467 bits per heavy atom. The maximum atomic E-state index is 11.8. The minimum Gasteiger partial charge on any atom is -0.618 e. The topological polar surface area (TPSA) is 485 Å². The van der Waals surface area contributed by atoms with Crippen LogP contribution in [0.5, 0.6) is 57.5 Å². The number of nitriles is 1. The summed E-state index contributed by atoms with van der Waals surface area (Å²) in [5, 5.41) is 50.3. The van der Waals surface area contributed by atoms with Crippen molar-refractivity contribution in [3.63, 3.8) is 0 Å². The number of carbonyl (C=O) groups is 5. The predicted molar refractivity (Wildman–Crippen MR) is 538 cm³/mol. The first-order valence-electron chi connectivity index (χ1n) is 39.7. The van der Waals surface area contributed by atoms with Crippen molar-refractivity contribution in [1.82, 2.24) is 50.1 Å². The number of nitrogens with one attached hydrogen (secondary N) is 1. The summed E-state index contributed by atoms with van der Waals surface area (Å²) >= 11 is 23.2. The standard InChI is InChI=1S/C14H21BrN2O3.C13H19BrN2O3.C9H10BrNO3.C8H7BrN2O.C8H10BrNO4S.2C7H8BrNO2.C7H9NO2.C7H9NO.C6H7NO.C4H6O3.CH4/c1-14(2,3)20-13(18)17(4)7-6-10-8-11(15)12(19-5)9-16-10;1-13(2,3)19-12(17)15-6-5-9-7-10(14)11(18-4)8-16-9;1-6(12)14-5-7-3-8(10)9(13-2)4-11-7;1-12-8-5-11-6(2-3-10)4-7(8)9;1-13-8-4-10-6(3-7(8)9)5-14-15(2,11)12;1-11-7-3-9-5(4-10)2-6(7)8;1-5-3-6(8)7(11-2)4-9(5)10;1-6-3-4-7(10-2)5-8(6)9;1-6-3-4-7(9-2)5-8-6;1-5-2-3-6(8)4-7-5;1-3(5)7-4(2)6;/h8-9H,6-7H2,1-5H3;7-8H,5-6H2,1-4H3,(H,15,17);3-4H,5H2,1-2H3;4-5H,2H2,1H3;3-4H,5H2,1-2H3;2-3,10H,4H2,1H3;3-4H,1-2H3;3-5H,1-2H3;3-5H,1-2H3;2-4,8H,1H3;1-2H3;1H4. The maximum Gasteiger partial charge on any atom is 0.410 e. The second-order valence-corrected chi connectivity index (χ2v) is 36.3. The van der Waals surface area contributed by atoms with E-state index in [-0.39, 0.29) is 45.1 Å². The molecular weight excluding hydrogens is 2270 g/mol. The third kappa shape index (κ3) is 59.0. The number of aromatic nitrogens is 10. The number of aryl methyl sites for hydroxylation is 4. The Bertz CT molecular complexity index is 5470. The van der Waals surface area contributed by atoms with E-state index >= 15 is 0 Å². The molecule has 0 atom stereocenters. The van der Waals surface area contributed by atoms with Gasteiger partial charge in [-0.15, -0.1) is 0 Å². The fraction of sp³-hybridized carbons (Fsp3) is 0.385. The number of methoxy groups -OCH3 is 9. The zero-order valence-corrected chi connectivity index (χ0v) is 91.6. The van der Waals surface area contributed by atoms with Gasteiger partial charge >= 0.3 is 30.1 Å². The van der Waals surface area contributed by atoms with Gasteiger partial charge in [0, 0.05) is 103 Å². The first kappa shape index (κ1) is 128. The summed E-state index contributed by atoms with van der Waals surface area (Å²) in [4.78, 5) is 87.3. The van der Waals surface area contributed by atoms with E-state index in [1.165, 1.54) is 66.9 Å². The Balaban J connectivity index is 0. The Morgan fingerprint density at radius 2 is 0.839 bits per heavy atom. The van der Waals surface area contributed by atoms with Crippen LogP contribution in [0.2, 0.25) is 0 Å². The lowest BCUT2D eigenvalue weighted by Gasteiger charge is -2.24. The highest BCUT2D eigenvalue weighted by atomic mass is 79.9. The van der Waals surface area contributed by atoms with Crippen LogP contribution in [-0.4, -0.2) is 195 Å². The maximum absolute atomic E-state index is 11.8. The Kier molecular flexibility index (Phi) is 64.4. The van der Waals surface area contributed by atoms with Crippen LogP contribution >= 0.6 is 112 Å². The minimum atomic E-state index is -3.44. The van der Waals surface area contributed by atoms with Gasteiger partial charge in [-0.25, -0.2) is 9.59 Å². The number of hydrogen-bond donors (Lipinski definition) is 3. The third-order valence-electron chi connectivity index (χ3n) is 15.3. The highest BCUT2D eigenvalue weighted by Crippen LogP contribution is 2.30. The average molecular weight is 2390 g/mol. The van der Waals surface area contributed by atoms with E-state index in [9.17, 15) is 42.8 Å². The Morgan fingerprint density at radius 3 is 1.19 bits per heavy atom. The van der Waals surface area contributed by atoms with Gasteiger partial charge in [-0.1, -0.05) is 7.43 Å². The lowest BCUT2D eigenvalue weighted by molar-refractivity contribution is -0.612. The summed E-state index contributed by atoms with van der Waals surface area (Å²) in [5.41, 5.74) is 6.57. The monoisotopic (exact) mass is 2380 g/mol. The van der Waals surface area contributed by atoms with Gasteiger partial charge < -0.3 is 92.4 Å². The van der Waals surface area contributed by atoms with Crippen molar-refractivity contribution in [2.45, 2.75) is 148 Å². The number of nitrogens with zero attached hydrogens (tertiary/aromatic N) is 12. The van der Waals surface area contributed by atoms with Gasteiger partial charge in [-0.05, 0) is 234 Å². The minimum absolute atomic E-state index is 0. The van der Waals surface area contributed by atoms with Gasteiger partial charge in [0.2, 0.25) is 12.4 Å². The van der Waals surface area contributed by atoms with Gasteiger partial charge in [0.15, 0.2) is 57.4 Å². The van der Waals surface area contributed by atoms with E-state index in [0.717, 1.165) is 76.8 Å².